The normalized spacial score (nSPS) is 10.6. The highest BCUT2D eigenvalue weighted by Gasteiger charge is 2.13. The number of imidazole rings is 1. The van der Waals surface area contributed by atoms with Crippen LogP contribution in [0, 0.1) is 11.7 Å². The molecule has 4 heteroatoms. The van der Waals surface area contributed by atoms with Crippen LogP contribution >= 0.6 is 12.2 Å². The van der Waals surface area contributed by atoms with Gasteiger partial charge < -0.3 is 4.98 Å². The van der Waals surface area contributed by atoms with E-state index in [9.17, 15) is 0 Å². The smallest absolute Gasteiger partial charge is 0.197 e. The third-order valence-electron chi connectivity index (χ3n) is 3.63. The average molecular weight is 309 g/mol. The lowest BCUT2D eigenvalue weighted by atomic mass is 10.1. The summed E-state index contributed by atoms with van der Waals surface area (Å²) in [5.41, 5.74) is 9.02. The maximum Gasteiger partial charge on any atom is 0.197 e. The van der Waals surface area contributed by atoms with Crippen molar-refractivity contribution >= 4 is 17.9 Å². The van der Waals surface area contributed by atoms with E-state index in [-0.39, 0.29) is 0 Å². The van der Waals surface area contributed by atoms with Crippen molar-refractivity contribution in [1.82, 2.24) is 9.66 Å². The molecule has 0 unspecified atom stereocenters. The average Bonchev–Trinajstić information content (AvgIpc) is 2.84. The van der Waals surface area contributed by atoms with E-state index in [1.54, 1.807) is 0 Å². The zero-order valence-electron chi connectivity index (χ0n) is 12.8. The molecule has 3 nitrogen and oxygen atoms in total. The van der Waals surface area contributed by atoms with Crippen LogP contribution in [0.1, 0.15) is 18.2 Å². The van der Waals surface area contributed by atoms with Crippen molar-refractivity contribution in [2.24, 2.45) is 0 Å². The molecule has 0 radical (unpaired) electrons. The summed E-state index contributed by atoms with van der Waals surface area (Å²) in [5, 5.41) is 0. The van der Waals surface area contributed by atoms with Crippen molar-refractivity contribution in [2.45, 2.75) is 20.3 Å². The third kappa shape index (κ3) is 2.83. The van der Waals surface area contributed by atoms with Crippen molar-refractivity contribution in [2.75, 3.05) is 5.43 Å². The van der Waals surface area contributed by atoms with Crippen LogP contribution in [0.25, 0.3) is 11.3 Å². The summed E-state index contributed by atoms with van der Waals surface area (Å²) < 4.78 is 2.63. The quantitative estimate of drug-likeness (QED) is 0.668. The minimum Gasteiger partial charge on any atom is -0.332 e. The maximum atomic E-state index is 5.50. The zero-order valence-corrected chi connectivity index (χ0v) is 13.6. The van der Waals surface area contributed by atoms with Crippen LogP contribution in [-0.4, -0.2) is 9.66 Å². The number of aromatic amines is 1. The van der Waals surface area contributed by atoms with Gasteiger partial charge in [-0.3, -0.25) is 5.43 Å². The topological polar surface area (TPSA) is 32.8 Å². The van der Waals surface area contributed by atoms with Crippen LogP contribution in [0.3, 0.4) is 0 Å². The summed E-state index contributed by atoms with van der Waals surface area (Å²) in [5.74, 6) is 0. The SMILES string of the molecule is CCc1[nH]c(=S)n(Nc2cccc(C)c2)c1-c1ccccc1. The lowest BCUT2D eigenvalue weighted by molar-refractivity contribution is 0.942. The van der Waals surface area contributed by atoms with E-state index in [4.69, 9.17) is 12.2 Å². The summed E-state index contributed by atoms with van der Waals surface area (Å²) in [6, 6.07) is 18.6. The molecule has 1 aromatic heterocycles. The summed E-state index contributed by atoms with van der Waals surface area (Å²) >= 11 is 5.50. The summed E-state index contributed by atoms with van der Waals surface area (Å²) in [4.78, 5) is 3.31. The number of hydrogen-bond acceptors (Lipinski definition) is 2. The van der Waals surface area contributed by atoms with Gasteiger partial charge in [0, 0.05) is 11.3 Å². The van der Waals surface area contributed by atoms with Gasteiger partial charge in [0.1, 0.15) is 0 Å². The molecule has 0 bridgehead atoms. The summed E-state index contributed by atoms with van der Waals surface area (Å²) in [6.07, 6.45) is 0.899. The fraction of sp³-hybridized carbons (Fsp3) is 0.167. The molecule has 2 N–H and O–H groups in total. The largest absolute Gasteiger partial charge is 0.332 e. The number of nitrogens with zero attached hydrogens (tertiary/aromatic N) is 1. The standard InChI is InChI=1S/C18H19N3S/c1-3-16-17(14-9-5-4-6-10-14)21(18(22)19-16)20-15-11-7-8-13(2)12-15/h4-12,20H,3H2,1-2H3,(H,19,22). The molecular formula is C18H19N3S. The van der Waals surface area contributed by atoms with Gasteiger partial charge in [0.05, 0.1) is 11.4 Å². The highest BCUT2D eigenvalue weighted by atomic mass is 32.1. The van der Waals surface area contributed by atoms with Crippen LogP contribution in [0.2, 0.25) is 0 Å². The van der Waals surface area contributed by atoms with Gasteiger partial charge in [-0.1, -0.05) is 49.4 Å². The highest BCUT2D eigenvalue weighted by molar-refractivity contribution is 7.71. The molecule has 3 rings (SSSR count). The molecule has 0 saturated heterocycles. The lowest BCUT2D eigenvalue weighted by Gasteiger charge is -2.13. The molecule has 0 spiro atoms. The van der Waals surface area contributed by atoms with Gasteiger partial charge in [0.2, 0.25) is 0 Å². The second-order valence-electron chi connectivity index (χ2n) is 5.29. The van der Waals surface area contributed by atoms with Gasteiger partial charge in [-0.15, -0.1) is 0 Å². The Morgan fingerprint density at radius 2 is 1.86 bits per heavy atom. The van der Waals surface area contributed by atoms with Crippen molar-refractivity contribution in [1.29, 1.82) is 0 Å². The Kier molecular flexibility index (Phi) is 4.11. The third-order valence-corrected chi connectivity index (χ3v) is 3.91. The molecule has 3 aromatic rings. The molecule has 0 aliphatic rings. The Bertz CT molecular complexity index is 831. The molecule has 22 heavy (non-hydrogen) atoms. The Balaban J connectivity index is 2.11. The first-order valence-corrected chi connectivity index (χ1v) is 7.83. The fourth-order valence-corrected chi connectivity index (χ4v) is 2.85. The number of aryl methyl sites for hydroxylation is 2. The van der Waals surface area contributed by atoms with Crippen LogP contribution in [-0.2, 0) is 6.42 Å². The maximum absolute atomic E-state index is 5.50. The predicted octanol–water partition coefficient (Wildman–Crippen LogP) is 4.96. The van der Waals surface area contributed by atoms with E-state index >= 15 is 0 Å². The predicted molar refractivity (Wildman–Crippen MR) is 94.6 cm³/mol. The molecule has 0 aliphatic heterocycles. The first kappa shape index (κ1) is 14.6. The highest BCUT2D eigenvalue weighted by Crippen LogP contribution is 2.25. The van der Waals surface area contributed by atoms with Gasteiger partial charge in [-0.2, -0.15) is 0 Å². The number of nitrogens with one attached hydrogen (secondary N) is 2. The van der Waals surface area contributed by atoms with E-state index in [1.165, 1.54) is 5.56 Å². The summed E-state index contributed by atoms with van der Waals surface area (Å²) in [7, 11) is 0. The van der Waals surface area contributed by atoms with Gasteiger partial charge in [0.15, 0.2) is 4.77 Å². The van der Waals surface area contributed by atoms with Gasteiger partial charge >= 0.3 is 0 Å². The minimum absolute atomic E-state index is 0.678. The minimum atomic E-state index is 0.678. The Hall–Kier alpha value is -2.33. The number of benzene rings is 2. The molecule has 112 valence electrons. The molecular weight excluding hydrogens is 290 g/mol. The van der Waals surface area contributed by atoms with Crippen molar-refractivity contribution in [3.05, 3.63) is 70.6 Å². The number of hydrogen-bond donors (Lipinski definition) is 2. The number of anilines is 1. The van der Waals surface area contributed by atoms with Crippen LogP contribution in [0.15, 0.2) is 54.6 Å². The lowest BCUT2D eigenvalue weighted by Crippen LogP contribution is -2.11. The number of H-pyrrole nitrogens is 1. The zero-order chi connectivity index (χ0) is 15.5. The van der Waals surface area contributed by atoms with Crippen molar-refractivity contribution in [3.8, 4) is 11.3 Å². The molecule has 0 saturated carbocycles. The fourth-order valence-electron chi connectivity index (χ4n) is 2.59. The van der Waals surface area contributed by atoms with Gasteiger partial charge in [0.25, 0.3) is 0 Å². The molecule has 0 amide bonds. The van der Waals surface area contributed by atoms with Gasteiger partial charge in [-0.25, -0.2) is 4.68 Å². The second kappa shape index (κ2) is 6.20. The molecule has 1 heterocycles. The molecule has 0 atom stereocenters. The first-order valence-electron chi connectivity index (χ1n) is 7.42. The van der Waals surface area contributed by atoms with E-state index in [1.807, 2.05) is 35.0 Å². The van der Waals surface area contributed by atoms with E-state index in [2.05, 4.69) is 48.5 Å². The molecule has 0 fully saturated rings. The van der Waals surface area contributed by atoms with Crippen molar-refractivity contribution < 1.29 is 0 Å². The van der Waals surface area contributed by atoms with E-state index < -0.39 is 0 Å². The Labute approximate surface area is 135 Å². The van der Waals surface area contributed by atoms with Crippen molar-refractivity contribution in [3.63, 3.8) is 0 Å². The number of aromatic nitrogens is 2. The van der Waals surface area contributed by atoms with Gasteiger partial charge in [-0.05, 0) is 43.3 Å². The first-order chi connectivity index (χ1) is 10.7. The molecule has 0 aliphatic carbocycles. The van der Waals surface area contributed by atoms with Crippen LogP contribution in [0.4, 0.5) is 5.69 Å². The second-order valence-corrected chi connectivity index (χ2v) is 5.68. The monoisotopic (exact) mass is 309 g/mol. The Morgan fingerprint density at radius 1 is 1.09 bits per heavy atom. The molecule has 2 aromatic carbocycles. The Morgan fingerprint density at radius 3 is 2.55 bits per heavy atom. The van der Waals surface area contributed by atoms with Crippen LogP contribution in [0.5, 0.6) is 0 Å². The van der Waals surface area contributed by atoms with E-state index in [0.29, 0.717) is 4.77 Å². The van der Waals surface area contributed by atoms with Crippen LogP contribution < -0.4 is 5.43 Å². The summed E-state index contributed by atoms with van der Waals surface area (Å²) in [6.45, 7) is 4.21. The number of rotatable bonds is 4. The van der Waals surface area contributed by atoms with E-state index in [0.717, 1.165) is 29.1 Å².